The SMILES string of the molecule is Cc1nc2cccc(N)c2c(=O)n1[C@@H]1CCC(=O)CC1=O. The molecule has 1 aromatic carbocycles. The molecular weight excluding hydrogens is 270 g/mol. The number of aromatic nitrogens is 2. The predicted octanol–water partition coefficient (Wildman–Crippen LogP) is 1.15. The minimum atomic E-state index is -0.619. The fraction of sp³-hybridized carbons (Fsp3) is 0.333. The van der Waals surface area contributed by atoms with E-state index >= 15 is 0 Å². The number of fused-ring (bicyclic) bond motifs is 1. The number of nitrogens with two attached hydrogens (primary N) is 1. The molecule has 2 N–H and O–H groups in total. The number of nitrogen functional groups attached to an aromatic ring is 1. The molecule has 0 saturated heterocycles. The van der Waals surface area contributed by atoms with E-state index in [4.69, 9.17) is 5.73 Å². The van der Waals surface area contributed by atoms with Crippen molar-refractivity contribution in [3.8, 4) is 0 Å². The molecule has 1 aliphatic rings. The van der Waals surface area contributed by atoms with Crippen molar-refractivity contribution in [2.45, 2.75) is 32.2 Å². The molecule has 1 aliphatic carbocycles. The largest absolute Gasteiger partial charge is 0.398 e. The topological polar surface area (TPSA) is 95.0 Å². The number of anilines is 1. The zero-order valence-corrected chi connectivity index (χ0v) is 11.6. The van der Waals surface area contributed by atoms with Crippen molar-refractivity contribution in [2.75, 3.05) is 5.73 Å². The Morgan fingerprint density at radius 3 is 2.76 bits per heavy atom. The first kappa shape index (κ1) is 13.5. The van der Waals surface area contributed by atoms with Crippen LogP contribution in [0.3, 0.4) is 0 Å². The Labute approximate surface area is 120 Å². The van der Waals surface area contributed by atoms with Crippen LogP contribution in [0.25, 0.3) is 10.9 Å². The van der Waals surface area contributed by atoms with Crippen LogP contribution in [0.15, 0.2) is 23.0 Å². The van der Waals surface area contributed by atoms with Gasteiger partial charge < -0.3 is 5.73 Å². The van der Waals surface area contributed by atoms with Crippen molar-refractivity contribution < 1.29 is 9.59 Å². The van der Waals surface area contributed by atoms with Crippen LogP contribution >= 0.6 is 0 Å². The summed E-state index contributed by atoms with van der Waals surface area (Å²) in [5.74, 6) is 0.160. The second-order valence-corrected chi connectivity index (χ2v) is 5.31. The second-order valence-electron chi connectivity index (χ2n) is 5.31. The Balaban J connectivity index is 2.24. The third-order valence-corrected chi connectivity index (χ3v) is 3.89. The molecule has 1 atom stereocenters. The molecule has 21 heavy (non-hydrogen) atoms. The average molecular weight is 285 g/mol. The van der Waals surface area contributed by atoms with Gasteiger partial charge in [0.2, 0.25) is 0 Å². The lowest BCUT2D eigenvalue weighted by atomic mass is 9.92. The minimum absolute atomic E-state index is 0.0739. The molecular formula is C15H15N3O3. The molecule has 0 bridgehead atoms. The van der Waals surface area contributed by atoms with Crippen molar-refractivity contribution in [2.24, 2.45) is 0 Å². The van der Waals surface area contributed by atoms with Crippen LogP contribution in [0.5, 0.6) is 0 Å². The first-order valence-corrected chi connectivity index (χ1v) is 6.81. The van der Waals surface area contributed by atoms with Crippen molar-refractivity contribution >= 4 is 28.2 Å². The highest BCUT2D eigenvalue weighted by atomic mass is 16.2. The van der Waals surface area contributed by atoms with Gasteiger partial charge in [0, 0.05) is 12.1 Å². The van der Waals surface area contributed by atoms with Crippen molar-refractivity contribution in [1.29, 1.82) is 0 Å². The van der Waals surface area contributed by atoms with Crippen molar-refractivity contribution in [1.82, 2.24) is 9.55 Å². The molecule has 1 aromatic heterocycles. The van der Waals surface area contributed by atoms with Gasteiger partial charge in [-0.3, -0.25) is 19.0 Å². The lowest BCUT2D eigenvalue weighted by molar-refractivity contribution is -0.132. The van der Waals surface area contributed by atoms with Crippen LogP contribution in [0.2, 0.25) is 0 Å². The van der Waals surface area contributed by atoms with Gasteiger partial charge in [-0.1, -0.05) is 6.07 Å². The van der Waals surface area contributed by atoms with Gasteiger partial charge in [-0.25, -0.2) is 4.98 Å². The van der Waals surface area contributed by atoms with E-state index in [1.54, 1.807) is 25.1 Å². The van der Waals surface area contributed by atoms with E-state index < -0.39 is 6.04 Å². The summed E-state index contributed by atoms with van der Waals surface area (Å²) in [4.78, 5) is 40.5. The fourth-order valence-corrected chi connectivity index (χ4v) is 2.88. The molecule has 1 fully saturated rings. The summed E-state index contributed by atoms with van der Waals surface area (Å²) < 4.78 is 1.38. The monoisotopic (exact) mass is 285 g/mol. The smallest absolute Gasteiger partial charge is 0.264 e. The number of hydrogen-bond acceptors (Lipinski definition) is 5. The summed E-state index contributed by atoms with van der Waals surface area (Å²) in [6.07, 6.45) is 0.543. The van der Waals surface area contributed by atoms with Crippen LogP contribution in [0.1, 0.15) is 31.1 Å². The van der Waals surface area contributed by atoms with E-state index in [-0.39, 0.29) is 23.5 Å². The van der Waals surface area contributed by atoms with Gasteiger partial charge in [-0.15, -0.1) is 0 Å². The van der Waals surface area contributed by atoms with Crippen LogP contribution in [-0.4, -0.2) is 21.1 Å². The molecule has 1 heterocycles. The highest BCUT2D eigenvalue weighted by molar-refractivity contribution is 6.03. The highest BCUT2D eigenvalue weighted by Crippen LogP contribution is 2.24. The molecule has 0 radical (unpaired) electrons. The Hall–Kier alpha value is -2.50. The Bertz CT molecular complexity index is 823. The van der Waals surface area contributed by atoms with Crippen LogP contribution in [-0.2, 0) is 9.59 Å². The van der Waals surface area contributed by atoms with Gasteiger partial charge in [-0.05, 0) is 25.5 Å². The average Bonchev–Trinajstić information content (AvgIpc) is 2.40. The third-order valence-electron chi connectivity index (χ3n) is 3.89. The minimum Gasteiger partial charge on any atom is -0.398 e. The maximum absolute atomic E-state index is 12.7. The molecule has 6 heteroatoms. The first-order chi connectivity index (χ1) is 9.99. The normalized spacial score (nSPS) is 19.2. The van der Waals surface area contributed by atoms with E-state index in [1.165, 1.54) is 4.57 Å². The second kappa shape index (κ2) is 4.80. The number of ketones is 2. The summed E-state index contributed by atoms with van der Waals surface area (Å²) >= 11 is 0. The van der Waals surface area contributed by atoms with Crippen molar-refractivity contribution in [3.63, 3.8) is 0 Å². The Kier molecular flexibility index (Phi) is 3.08. The van der Waals surface area contributed by atoms with Gasteiger partial charge in [0.25, 0.3) is 5.56 Å². The molecule has 6 nitrogen and oxygen atoms in total. The number of carbonyl (C=O) groups is 2. The molecule has 2 aromatic rings. The number of rotatable bonds is 1. The van der Waals surface area contributed by atoms with Gasteiger partial charge in [-0.2, -0.15) is 0 Å². The van der Waals surface area contributed by atoms with Crippen LogP contribution in [0, 0.1) is 6.92 Å². The number of Topliss-reactive ketones (excluding diaryl/α,β-unsaturated/α-hetero) is 2. The number of benzene rings is 1. The summed E-state index contributed by atoms with van der Waals surface area (Å²) in [5, 5.41) is 0.327. The Morgan fingerprint density at radius 2 is 2.05 bits per heavy atom. The molecule has 0 unspecified atom stereocenters. The standard InChI is InChI=1S/C15H15N3O3/c1-8-17-11-4-2-3-10(16)14(11)15(21)18(8)12-6-5-9(19)7-13(12)20/h2-4,12H,5-7,16H2,1H3/t12-/m1/s1. The maximum Gasteiger partial charge on any atom is 0.264 e. The zero-order chi connectivity index (χ0) is 15.1. The molecule has 0 aliphatic heterocycles. The number of carbonyl (C=O) groups excluding carboxylic acids is 2. The van der Waals surface area contributed by atoms with Crippen LogP contribution in [0.4, 0.5) is 5.69 Å². The maximum atomic E-state index is 12.7. The summed E-state index contributed by atoms with van der Waals surface area (Å²) in [6.45, 7) is 1.69. The molecule has 1 saturated carbocycles. The van der Waals surface area contributed by atoms with Gasteiger partial charge in [0.1, 0.15) is 11.6 Å². The van der Waals surface area contributed by atoms with E-state index in [2.05, 4.69) is 4.98 Å². The van der Waals surface area contributed by atoms with Crippen molar-refractivity contribution in [3.05, 3.63) is 34.4 Å². The highest BCUT2D eigenvalue weighted by Gasteiger charge is 2.30. The summed E-state index contributed by atoms with van der Waals surface area (Å²) in [6, 6.07) is 4.47. The number of nitrogens with zero attached hydrogens (tertiary/aromatic N) is 2. The zero-order valence-electron chi connectivity index (χ0n) is 11.6. The fourth-order valence-electron chi connectivity index (χ4n) is 2.88. The molecule has 0 spiro atoms. The van der Waals surface area contributed by atoms with Gasteiger partial charge in [0.05, 0.1) is 23.4 Å². The van der Waals surface area contributed by atoms with Gasteiger partial charge in [0.15, 0.2) is 5.78 Å². The number of hydrogen-bond donors (Lipinski definition) is 1. The van der Waals surface area contributed by atoms with E-state index in [9.17, 15) is 14.4 Å². The van der Waals surface area contributed by atoms with E-state index in [1.807, 2.05) is 0 Å². The lowest BCUT2D eigenvalue weighted by Crippen LogP contribution is -2.36. The van der Waals surface area contributed by atoms with E-state index in [0.29, 0.717) is 35.3 Å². The number of aryl methyl sites for hydroxylation is 1. The summed E-state index contributed by atoms with van der Waals surface area (Å²) in [5.41, 5.74) is 6.42. The summed E-state index contributed by atoms with van der Waals surface area (Å²) in [7, 11) is 0. The van der Waals surface area contributed by atoms with E-state index in [0.717, 1.165) is 0 Å². The molecule has 108 valence electrons. The third kappa shape index (κ3) is 2.12. The van der Waals surface area contributed by atoms with Gasteiger partial charge >= 0.3 is 0 Å². The molecule has 0 amide bonds. The molecule has 3 rings (SSSR count). The predicted molar refractivity (Wildman–Crippen MR) is 78.1 cm³/mol. The quantitative estimate of drug-likeness (QED) is 0.626. The lowest BCUT2D eigenvalue weighted by Gasteiger charge is -2.24. The first-order valence-electron chi connectivity index (χ1n) is 6.81. The Morgan fingerprint density at radius 1 is 1.29 bits per heavy atom. The van der Waals surface area contributed by atoms with Crippen LogP contribution < -0.4 is 11.3 Å².